The molecule has 2 rings (SSSR count). The molecular weight excluding hydrogens is 266 g/mol. The van der Waals surface area contributed by atoms with Crippen LogP contribution in [0.4, 0.5) is 0 Å². The number of aliphatic hydroxyl groups excluding tert-OH is 1. The molecule has 21 heavy (non-hydrogen) atoms. The van der Waals surface area contributed by atoms with Gasteiger partial charge in [-0.2, -0.15) is 0 Å². The second-order valence-electron chi connectivity index (χ2n) is 6.30. The second-order valence-corrected chi connectivity index (χ2v) is 6.30. The normalized spacial score (nSPS) is 30.4. The van der Waals surface area contributed by atoms with E-state index in [1.54, 1.807) is 7.11 Å². The van der Waals surface area contributed by atoms with Crippen molar-refractivity contribution in [2.24, 2.45) is 11.8 Å². The lowest BCUT2D eigenvalue weighted by molar-refractivity contribution is 0.0236. The number of pyridine rings is 1. The van der Waals surface area contributed by atoms with Gasteiger partial charge in [-0.3, -0.25) is 4.98 Å². The highest BCUT2D eigenvalue weighted by Crippen LogP contribution is 2.36. The van der Waals surface area contributed by atoms with Crippen molar-refractivity contribution in [3.63, 3.8) is 0 Å². The van der Waals surface area contributed by atoms with E-state index in [1.165, 1.54) is 0 Å². The predicted molar refractivity (Wildman–Crippen MR) is 82.6 cm³/mol. The Kier molecular flexibility index (Phi) is 4.89. The Morgan fingerprint density at radius 1 is 1.29 bits per heavy atom. The molecule has 0 aromatic carbocycles. The number of ether oxygens (including phenoxy) is 2. The molecule has 5 unspecified atom stereocenters. The van der Waals surface area contributed by atoms with Crippen LogP contribution in [-0.2, 0) is 11.2 Å². The zero-order valence-corrected chi connectivity index (χ0v) is 13.9. The molecule has 2 heterocycles. The minimum Gasteiger partial charge on any atom is -0.496 e. The van der Waals surface area contributed by atoms with Gasteiger partial charge in [-0.1, -0.05) is 6.92 Å². The Morgan fingerprint density at radius 3 is 2.48 bits per heavy atom. The first-order chi connectivity index (χ1) is 9.86. The Balaban J connectivity index is 2.18. The molecule has 0 aliphatic carbocycles. The van der Waals surface area contributed by atoms with Crippen LogP contribution < -0.4 is 4.74 Å². The van der Waals surface area contributed by atoms with Crippen LogP contribution in [0.3, 0.4) is 0 Å². The average molecular weight is 293 g/mol. The van der Waals surface area contributed by atoms with E-state index in [0.717, 1.165) is 22.6 Å². The summed E-state index contributed by atoms with van der Waals surface area (Å²) in [6.07, 6.45) is 2.18. The number of nitrogens with zero attached hydrogens (tertiary/aromatic N) is 1. The summed E-state index contributed by atoms with van der Waals surface area (Å²) in [5, 5.41) is 10.7. The lowest BCUT2D eigenvalue weighted by Gasteiger charge is -2.25. The van der Waals surface area contributed by atoms with Crippen molar-refractivity contribution in [3.05, 3.63) is 23.0 Å². The molecule has 5 atom stereocenters. The average Bonchev–Trinajstić information content (AvgIpc) is 2.67. The Labute approximate surface area is 127 Å². The molecule has 0 amide bonds. The number of hydrogen-bond acceptors (Lipinski definition) is 4. The fourth-order valence-corrected chi connectivity index (χ4v) is 3.57. The monoisotopic (exact) mass is 293 g/mol. The van der Waals surface area contributed by atoms with E-state index in [0.29, 0.717) is 12.3 Å². The van der Waals surface area contributed by atoms with E-state index in [4.69, 9.17) is 9.47 Å². The van der Waals surface area contributed by atoms with Crippen molar-refractivity contribution in [2.75, 3.05) is 7.11 Å². The number of hydrogen-bond donors (Lipinski definition) is 1. The van der Waals surface area contributed by atoms with Gasteiger partial charge in [0.2, 0.25) is 0 Å². The fourth-order valence-electron chi connectivity index (χ4n) is 3.57. The molecule has 1 saturated heterocycles. The maximum absolute atomic E-state index is 10.7. The number of rotatable bonds is 4. The van der Waals surface area contributed by atoms with Gasteiger partial charge in [0.05, 0.1) is 25.4 Å². The van der Waals surface area contributed by atoms with Gasteiger partial charge in [-0.05, 0) is 33.6 Å². The molecule has 4 heteroatoms. The third-order valence-electron chi connectivity index (χ3n) is 4.92. The maximum Gasteiger partial charge on any atom is 0.128 e. The molecule has 0 spiro atoms. The first-order valence-electron chi connectivity index (χ1n) is 7.69. The van der Waals surface area contributed by atoms with Crippen LogP contribution in [0.5, 0.6) is 5.75 Å². The zero-order chi connectivity index (χ0) is 15.7. The highest BCUT2D eigenvalue weighted by Gasteiger charge is 2.41. The van der Waals surface area contributed by atoms with Crippen LogP contribution >= 0.6 is 0 Å². The summed E-state index contributed by atoms with van der Waals surface area (Å²) in [6, 6.07) is 0. The molecule has 1 aromatic heterocycles. The van der Waals surface area contributed by atoms with Gasteiger partial charge in [-0.25, -0.2) is 0 Å². The largest absolute Gasteiger partial charge is 0.496 e. The highest BCUT2D eigenvalue weighted by molar-refractivity contribution is 5.41. The maximum atomic E-state index is 10.7. The van der Waals surface area contributed by atoms with Crippen molar-refractivity contribution < 1.29 is 14.6 Å². The minimum absolute atomic E-state index is 0.0812. The van der Waals surface area contributed by atoms with Crippen molar-refractivity contribution in [1.29, 1.82) is 0 Å². The van der Waals surface area contributed by atoms with Gasteiger partial charge < -0.3 is 14.6 Å². The van der Waals surface area contributed by atoms with Crippen molar-refractivity contribution >= 4 is 0 Å². The van der Waals surface area contributed by atoms with Gasteiger partial charge in [0, 0.05) is 35.4 Å². The molecule has 4 nitrogen and oxygen atoms in total. The lowest BCUT2D eigenvalue weighted by atomic mass is 9.83. The molecule has 1 aliphatic heterocycles. The van der Waals surface area contributed by atoms with E-state index >= 15 is 0 Å². The van der Waals surface area contributed by atoms with Gasteiger partial charge in [0.15, 0.2) is 0 Å². The van der Waals surface area contributed by atoms with E-state index in [9.17, 15) is 5.11 Å². The molecule has 0 bridgehead atoms. The molecule has 1 N–H and O–H groups in total. The standard InChI is InChI=1S/C17H27NO3/c1-9-8-18-14(11(3)17(9)20-6)7-15(19)16-10(2)12(4)21-13(16)5/h8,10,12-13,15-16,19H,7H2,1-6H3. The van der Waals surface area contributed by atoms with Crippen molar-refractivity contribution in [2.45, 2.75) is 59.4 Å². The first-order valence-corrected chi connectivity index (χ1v) is 7.69. The Bertz CT molecular complexity index is 503. The van der Waals surface area contributed by atoms with Crippen molar-refractivity contribution in [3.8, 4) is 5.75 Å². The van der Waals surface area contributed by atoms with Crippen molar-refractivity contribution in [1.82, 2.24) is 4.98 Å². The van der Waals surface area contributed by atoms with Gasteiger partial charge >= 0.3 is 0 Å². The summed E-state index contributed by atoms with van der Waals surface area (Å²) < 4.78 is 11.3. The first kappa shape index (κ1) is 16.2. The molecular formula is C17H27NO3. The summed E-state index contributed by atoms with van der Waals surface area (Å²) in [4.78, 5) is 4.49. The fraction of sp³-hybridized carbons (Fsp3) is 0.706. The third-order valence-corrected chi connectivity index (χ3v) is 4.92. The van der Waals surface area contributed by atoms with E-state index in [2.05, 4.69) is 18.8 Å². The van der Waals surface area contributed by atoms with Crippen LogP contribution in [0, 0.1) is 25.7 Å². The van der Waals surface area contributed by atoms with Gasteiger partial charge in [0.25, 0.3) is 0 Å². The van der Waals surface area contributed by atoms with Crippen LogP contribution in [0.1, 0.15) is 37.6 Å². The van der Waals surface area contributed by atoms with E-state index < -0.39 is 6.10 Å². The van der Waals surface area contributed by atoms with Crippen LogP contribution in [0.15, 0.2) is 6.20 Å². The Hall–Kier alpha value is -1.13. The van der Waals surface area contributed by atoms with Crippen LogP contribution in [0.2, 0.25) is 0 Å². The summed E-state index contributed by atoms with van der Waals surface area (Å²) in [5.74, 6) is 1.36. The number of aliphatic hydroxyl groups is 1. The van der Waals surface area contributed by atoms with Gasteiger partial charge in [-0.15, -0.1) is 0 Å². The SMILES string of the molecule is COc1c(C)cnc(CC(O)C2C(C)OC(C)C2C)c1C. The summed E-state index contributed by atoms with van der Waals surface area (Å²) in [6.45, 7) is 10.3. The lowest BCUT2D eigenvalue weighted by Crippen LogP contribution is -2.33. The molecule has 1 aliphatic rings. The molecule has 1 aromatic rings. The molecule has 0 saturated carbocycles. The summed E-state index contributed by atoms with van der Waals surface area (Å²) in [7, 11) is 1.67. The second kappa shape index (κ2) is 6.32. The smallest absolute Gasteiger partial charge is 0.128 e. The minimum atomic E-state index is -0.446. The van der Waals surface area contributed by atoms with Gasteiger partial charge in [0.1, 0.15) is 5.75 Å². The van der Waals surface area contributed by atoms with E-state index in [1.807, 2.05) is 27.0 Å². The number of aromatic nitrogens is 1. The number of aryl methyl sites for hydroxylation is 1. The van der Waals surface area contributed by atoms with E-state index in [-0.39, 0.29) is 18.1 Å². The Morgan fingerprint density at radius 2 is 1.95 bits per heavy atom. The van der Waals surface area contributed by atoms with Crippen LogP contribution in [0.25, 0.3) is 0 Å². The highest BCUT2D eigenvalue weighted by atomic mass is 16.5. The molecule has 0 radical (unpaired) electrons. The summed E-state index contributed by atoms with van der Waals surface area (Å²) in [5.41, 5.74) is 2.94. The third kappa shape index (κ3) is 3.06. The summed E-state index contributed by atoms with van der Waals surface area (Å²) >= 11 is 0. The number of methoxy groups -OCH3 is 1. The predicted octanol–water partition coefficient (Wildman–Crippen LogP) is 2.67. The topological polar surface area (TPSA) is 51.6 Å². The molecule has 1 fully saturated rings. The quantitative estimate of drug-likeness (QED) is 0.927. The van der Waals surface area contributed by atoms with Crippen LogP contribution in [-0.4, -0.2) is 35.5 Å². The molecule has 118 valence electrons. The zero-order valence-electron chi connectivity index (χ0n) is 13.9.